The second-order valence-corrected chi connectivity index (χ2v) is 12.4. The van der Waals surface area contributed by atoms with Gasteiger partial charge in [-0.25, -0.2) is 8.70 Å². The van der Waals surface area contributed by atoms with Crippen molar-refractivity contribution in [3.05, 3.63) is 99.8 Å². The number of carbonyl (C=O) groups is 2. The normalized spacial score (nSPS) is 12.2. The van der Waals surface area contributed by atoms with Gasteiger partial charge in [0.25, 0.3) is 0 Å². The van der Waals surface area contributed by atoms with Gasteiger partial charge in [0.05, 0.1) is 5.69 Å². The fourth-order valence-corrected chi connectivity index (χ4v) is 5.67. The first kappa shape index (κ1) is 32.3. The van der Waals surface area contributed by atoms with Crippen LogP contribution in [0.1, 0.15) is 24.5 Å². The van der Waals surface area contributed by atoms with Crippen molar-refractivity contribution in [1.82, 2.24) is 14.5 Å². The minimum absolute atomic E-state index is 0.0826. The maximum atomic E-state index is 14.2. The topological polar surface area (TPSA) is 90.0 Å². The quantitative estimate of drug-likeness (QED) is 0.293. The number of amides is 2. The number of nitrogens with zero attached hydrogens (tertiary/aromatic N) is 3. The van der Waals surface area contributed by atoms with Crippen LogP contribution >= 0.6 is 23.2 Å². The van der Waals surface area contributed by atoms with E-state index in [0.717, 1.165) is 26.3 Å². The molecule has 3 aromatic carbocycles. The van der Waals surface area contributed by atoms with E-state index in [1.807, 2.05) is 37.3 Å². The Balaban J connectivity index is 2.12. The summed E-state index contributed by atoms with van der Waals surface area (Å²) in [5, 5.41) is 3.44. The Hall–Kier alpha value is -3.18. The molecule has 8 nitrogen and oxygen atoms in total. The molecule has 0 fully saturated rings. The van der Waals surface area contributed by atoms with Crippen molar-refractivity contribution in [3.8, 4) is 0 Å². The van der Waals surface area contributed by atoms with Gasteiger partial charge >= 0.3 is 10.2 Å². The van der Waals surface area contributed by atoms with Gasteiger partial charge in [-0.2, -0.15) is 12.7 Å². The van der Waals surface area contributed by atoms with Crippen molar-refractivity contribution in [3.63, 3.8) is 0 Å². The lowest BCUT2D eigenvalue weighted by atomic mass is 10.0. The maximum Gasteiger partial charge on any atom is 0.304 e. The Bertz CT molecular complexity index is 1420. The predicted octanol–water partition coefficient (Wildman–Crippen LogP) is 4.91. The van der Waals surface area contributed by atoms with E-state index in [4.69, 9.17) is 23.2 Å². The zero-order chi connectivity index (χ0) is 30.2. The summed E-state index contributed by atoms with van der Waals surface area (Å²) in [5.74, 6) is -1.65. The highest BCUT2D eigenvalue weighted by atomic mass is 35.5. The molecule has 0 heterocycles. The van der Waals surface area contributed by atoms with Crippen LogP contribution in [0.5, 0.6) is 0 Å². The van der Waals surface area contributed by atoms with Crippen molar-refractivity contribution < 1.29 is 22.4 Å². The SMILES string of the molecule is CCCNC(=O)[C@@H](Cc1ccccc1)N(Cc1c(Cl)cccc1Cl)C(=O)CN(c1ccc(F)cc1)S(=O)(=O)N(C)C. The van der Waals surface area contributed by atoms with Crippen molar-refractivity contribution in [2.24, 2.45) is 0 Å². The van der Waals surface area contributed by atoms with E-state index in [1.54, 1.807) is 18.2 Å². The van der Waals surface area contributed by atoms with Crippen LogP contribution in [0.15, 0.2) is 72.8 Å². The molecule has 0 saturated carbocycles. The number of carbonyl (C=O) groups excluding carboxylic acids is 2. The molecule has 41 heavy (non-hydrogen) atoms. The molecule has 0 aliphatic rings. The first-order valence-corrected chi connectivity index (χ1v) is 15.1. The van der Waals surface area contributed by atoms with E-state index in [0.29, 0.717) is 28.6 Å². The number of nitrogens with one attached hydrogen (secondary N) is 1. The van der Waals surface area contributed by atoms with Crippen LogP contribution in [0.3, 0.4) is 0 Å². The van der Waals surface area contributed by atoms with Crippen LogP contribution in [0.2, 0.25) is 10.0 Å². The molecule has 0 unspecified atom stereocenters. The Labute approximate surface area is 250 Å². The summed E-state index contributed by atoms with van der Waals surface area (Å²) in [6, 6.07) is 17.8. The van der Waals surface area contributed by atoms with Gasteiger partial charge in [-0.15, -0.1) is 0 Å². The smallest absolute Gasteiger partial charge is 0.304 e. The van der Waals surface area contributed by atoms with E-state index in [9.17, 15) is 22.4 Å². The lowest BCUT2D eigenvalue weighted by Gasteiger charge is -2.34. The molecule has 0 saturated heterocycles. The number of halogens is 3. The Morgan fingerprint density at radius 3 is 2.10 bits per heavy atom. The van der Waals surface area contributed by atoms with Gasteiger partial charge in [0.15, 0.2) is 0 Å². The van der Waals surface area contributed by atoms with Gasteiger partial charge in [-0.3, -0.25) is 9.59 Å². The molecule has 1 atom stereocenters. The summed E-state index contributed by atoms with van der Waals surface area (Å²) in [6.45, 7) is 1.47. The van der Waals surface area contributed by atoms with Crippen molar-refractivity contribution >= 4 is 50.9 Å². The molecular formula is C29H33Cl2FN4O4S. The van der Waals surface area contributed by atoms with Crippen LogP contribution in [-0.4, -0.2) is 62.7 Å². The van der Waals surface area contributed by atoms with E-state index in [2.05, 4.69) is 5.32 Å². The molecule has 0 aliphatic carbocycles. The summed E-state index contributed by atoms with van der Waals surface area (Å²) in [5.41, 5.74) is 1.29. The highest BCUT2D eigenvalue weighted by molar-refractivity contribution is 7.90. The number of hydrogen-bond acceptors (Lipinski definition) is 4. The van der Waals surface area contributed by atoms with Gasteiger partial charge < -0.3 is 10.2 Å². The summed E-state index contributed by atoms with van der Waals surface area (Å²) in [4.78, 5) is 29.0. The number of benzene rings is 3. The van der Waals surface area contributed by atoms with Crippen molar-refractivity contribution in [2.45, 2.75) is 32.4 Å². The molecule has 0 aliphatic heterocycles. The van der Waals surface area contributed by atoms with Crippen LogP contribution in [0, 0.1) is 5.82 Å². The molecule has 0 bridgehead atoms. The Morgan fingerprint density at radius 2 is 1.54 bits per heavy atom. The van der Waals surface area contributed by atoms with Crippen molar-refractivity contribution in [1.29, 1.82) is 0 Å². The lowest BCUT2D eigenvalue weighted by molar-refractivity contribution is -0.140. The first-order chi connectivity index (χ1) is 19.4. The molecule has 12 heteroatoms. The van der Waals surface area contributed by atoms with Crippen molar-refractivity contribution in [2.75, 3.05) is 31.5 Å². The zero-order valence-electron chi connectivity index (χ0n) is 23.1. The minimum atomic E-state index is -4.20. The van der Waals surface area contributed by atoms with Crippen LogP contribution in [0.4, 0.5) is 10.1 Å². The van der Waals surface area contributed by atoms with E-state index in [1.165, 1.54) is 31.1 Å². The third-order valence-corrected chi connectivity index (χ3v) is 8.87. The molecule has 3 aromatic rings. The van der Waals surface area contributed by atoms with Gasteiger partial charge in [-0.1, -0.05) is 66.5 Å². The average Bonchev–Trinajstić information content (AvgIpc) is 2.94. The predicted molar refractivity (Wildman–Crippen MR) is 161 cm³/mol. The summed E-state index contributed by atoms with van der Waals surface area (Å²) < 4.78 is 42.2. The average molecular weight is 624 g/mol. The van der Waals surface area contributed by atoms with Gasteiger partial charge in [0.1, 0.15) is 18.4 Å². The molecule has 0 spiro atoms. The molecule has 0 aromatic heterocycles. The fourth-order valence-electron chi connectivity index (χ4n) is 4.10. The highest BCUT2D eigenvalue weighted by Gasteiger charge is 2.35. The summed E-state index contributed by atoms with van der Waals surface area (Å²) >= 11 is 12.9. The second kappa shape index (κ2) is 14.6. The Kier molecular flexibility index (Phi) is 11.5. The third kappa shape index (κ3) is 8.42. The largest absolute Gasteiger partial charge is 0.354 e. The van der Waals surface area contributed by atoms with Crippen LogP contribution < -0.4 is 9.62 Å². The number of hydrogen-bond donors (Lipinski definition) is 1. The highest BCUT2D eigenvalue weighted by Crippen LogP contribution is 2.28. The first-order valence-electron chi connectivity index (χ1n) is 13.0. The molecule has 0 radical (unpaired) electrons. The number of anilines is 1. The fraction of sp³-hybridized carbons (Fsp3) is 0.310. The van der Waals surface area contributed by atoms with Crippen LogP contribution in [-0.2, 0) is 32.8 Å². The second-order valence-electron chi connectivity index (χ2n) is 9.49. The maximum absolute atomic E-state index is 14.2. The van der Waals surface area contributed by atoms with E-state index in [-0.39, 0.29) is 18.7 Å². The van der Waals surface area contributed by atoms with Crippen LogP contribution in [0.25, 0.3) is 0 Å². The summed E-state index contributed by atoms with van der Waals surface area (Å²) in [7, 11) is -1.54. The number of rotatable bonds is 13. The van der Waals surface area contributed by atoms with E-state index >= 15 is 0 Å². The molecular weight excluding hydrogens is 590 g/mol. The molecule has 1 N–H and O–H groups in total. The third-order valence-electron chi connectivity index (χ3n) is 6.34. The zero-order valence-corrected chi connectivity index (χ0v) is 25.4. The monoisotopic (exact) mass is 622 g/mol. The van der Waals surface area contributed by atoms with Gasteiger partial charge in [-0.05, 0) is 48.4 Å². The Morgan fingerprint density at radius 1 is 0.927 bits per heavy atom. The van der Waals surface area contributed by atoms with E-state index < -0.39 is 40.4 Å². The van der Waals surface area contributed by atoms with Gasteiger partial charge in [0, 0.05) is 49.2 Å². The van der Waals surface area contributed by atoms with Gasteiger partial charge in [0.2, 0.25) is 11.8 Å². The summed E-state index contributed by atoms with van der Waals surface area (Å²) in [6.07, 6.45) is 0.828. The lowest BCUT2D eigenvalue weighted by Crippen LogP contribution is -2.54. The molecule has 3 rings (SSSR count). The molecule has 220 valence electrons. The minimum Gasteiger partial charge on any atom is -0.354 e. The standard InChI is InChI=1S/C29H33Cl2FN4O4S/c1-4-17-33-29(38)27(18-21-9-6-5-7-10-21)35(19-24-25(30)11-8-12-26(24)31)28(37)20-36(41(39,40)34(2)3)23-15-13-22(32)14-16-23/h5-16,27H,4,17-20H2,1-3H3,(H,33,38)/t27-/m1/s1. The molecule has 2 amide bonds.